The SMILES string of the molecule is COc1ccc(C(=O)N2CCCCCC2)cc1NCc1noc(C)n1. The molecular weight excluding hydrogens is 320 g/mol. The maximum Gasteiger partial charge on any atom is 0.253 e. The molecule has 0 bridgehead atoms. The van der Waals surface area contributed by atoms with Crippen molar-refractivity contribution in [3.8, 4) is 5.75 Å². The highest BCUT2D eigenvalue weighted by Crippen LogP contribution is 2.27. The van der Waals surface area contributed by atoms with E-state index < -0.39 is 0 Å². The molecule has 1 amide bonds. The summed E-state index contributed by atoms with van der Waals surface area (Å²) in [7, 11) is 1.61. The number of rotatable bonds is 5. The van der Waals surface area contributed by atoms with E-state index in [9.17, 15) is 4.79 Å². The van der Waals surface area contributed by atoms with E-state index in [0.29, 0.717) is 29.6 Å². The number of benzene rings is 1. The molecule has 1 fully saturated rings. The van der Waals surface area contributed by atoms with Gasteiger partial charge < -0.3 is 19.5 Å². The summed E-state index contributed by atoms with van der Waals surface area (Å²) in [5, 5.41) is 7.09. The molecule has 0 radical (unpaired) electrons. The third kappa shape index (κ3) is 4.29. The van der Waals surface area contributed by atoms with Crippen molar-refractivity contribution in [1.82, 2.24) is 15.0 Å². The molecule has 0 saturated carbocycles. The van der Waals surface area contributed by atoms with Gasteiger partial charge in [-0.05, 0) is 31.0 Å². The Morgan fingerprint density at radius 2 is 2.04 bits per heavy atom. The van der Waals surface area contributed by atoms with Crippen LogP contribution in [0, 0.1) is 6.92 Å². The summed E-state index contributed by atoms with van der Waals surface area (Å²) in [5.41, 5.74) is 1.40. The van der Waals surface area contributed by atoms with Gasteiger partial charge in [0.25, 0.3) is 5.91 Å². The van der Waals surface area contributed by atoms with E-state index in [1.165, 1.54) is 12.8 Å². The van der Waals surface area contributed by atoms with Gasteiger partial charge >= 0.3 is 0 Å². The number of aromatic nitrogens is 2. The lowest BCUT2D eigenvalue weighted by Gasteiger charge is -2.21. The molecule has 2 aromatic rings. The maximum absolute atomic E-state index is 12.8. The van der Waals surface area contributed by atoms with Gasteiger partial charge in [-0.25, -0.2) is 0 Å². The number of methoxy groups -OCH3 is 1. The summed E-state index contributed by atoms with van der Waals surface area (Å²) >= 11 is 0. The third-order valence-electron chi connectivity index (χ3n) is 4.35. The van der Waals surface area contributed by atoms with Crippen LogP contribution in [0.4, 0.5) is 5.69 Å². The van der Waals surface area contributed by atoms with Crippen molar-refractivity contribution in [3.63, 3.8) is 0 Å². The fourth-order valence-corrected chi connectivity index (χ4v) is 3.02. The van der Waals surface area contributed by atoms with E-state index >= 15 is 0 Å². The highest BCUT2D eigenvalue weighted by Gasteiger charge is 2.18. The van der Waals surface area contributed by atoms with Crippen molar-refractivity contribution < 1.29 is 14.1 Å². The van der Waals surface area contributed by atoms with Crippen LogP contribution in [0.25, 0.3) is 0 Å². The molecule has 0 spiro atoms. The number of nitrogens with one attached hydrogen (secondary N) is 1. The van der Waals surface area contributed by atoms with Crippen molar-refractivity contribution in [2.45, 2.75) is 39.2 Å². The molecule has 0 atom stereocenters. The first kappa shape index (κ1) is 17.3. The van der Waals surface area contributed by atoms with Crippen molar-refractivity contribution in [1.29, 1.82) is 0 Å². The molecule has 2 heterocycles. The van der Waals surface area contributed by atoms with E-state index in [2.05, 4.69) is 15.5 Å². The highest BCUT2D eigenvalue weighted by atomic mass is 16.5. The van der Waals surface area contributed by atoms with Crippen LogP contribution in [0.1, 0.15) is 47.8 Å². The van der Waals surface area contributed by atoms with E-state index in [1.807, 2.05) is 23.1 Å². The van der Waals surface area contributed by atoms with Gasteiger partial charge in [0.2, 0.25) is 5.89 Å². The van der Waals surface area contributed by atoms with Gasteiger partial charge in [0.05, 0.1) is 19.3 Å². The number of hydrogen-bond acceptors (Lipinski definition) is 6. The maximum atomic E-state index is 12.8. The first-order chi connectivity index (χ1) is 12.2. The van der Waals surface area contributed by atoms with E-state index in [4.69, 9.17) is 9.26 Å². The lowest BCUT2D eigenvalue weighted by atomic mass is 10.1. The summed E-state index contributed by atoms with van der Waals surface area (Å²) in [6, 6.07) is 5.46. The molecule has 0 unspecified atom stereocenters. The minimum absolute atomic E-state index is 0.0722. The zero-order valence-corrected chi connectivity index (χ0v) is 14.7. The zero-order chi connectivity index (χ0) is 17.6. The van der Waals surface area contributed by atoms with Crippen LogP contribution in [0.5, 0.6) is 5.75 Å². The largest absolute Gasteiger partial charge is 0.495 e. The van der Waals surface area contributed by atoms with Gasteiger partial charge in [0.1, 0.15) is 5.75 Å². The highest BCUT2D eigenvalue weighted by molar-refractivity contribution is 5.95. The number of ether oxygens (including phenoxy) is 1. The fraction of sp³-hybridized carbons (Fsp3) is 0.500. The van der Waals surface area contributed by atoms with Gasteiger partial charge in [-0.15, -0.1) is 0 Å². The third-order valence-corrected chi connectivity index (χ3v) is 4.35. The summed E-state index contributed by atoms with van der Waals surface area (Å²) in [4.78, 5) is 18.9. The smallest absolute Gasteiger partial charge is 0.253 e. The molecule has 7 nitrogen and oxygen atoms in total. The number of amides is 1. The summed E-state index contributed by atoms with van der Waals surface area (Å²) < 4.78 is 10.4. The summed E-state index contributed by atoms with van der Waals surface area (Å²) in [6.45, 7) is 3.80. The Kier molecular flexibility index (Phi) is 5.53. The Labute approximate surface area is 147 Å². The van der Waals surface area contributed by atoms with Gasteiger partial charge in [0, 0.05) is 25.6 Å². The quantitative estimate of drug-likeness (QED) is 0.898. The molecule has 7 heteroatoms. The van der Waals surface area contributed by atoms with Crippen LogP contribution in [-0.4, -0.2) is 41.1 Å². The lowest BCUT2D eigenvalue weighted by Crippen LogP contribution is -2.31. The molecule has 0 aliphatic carbocycles. The second-order valence-corrected chi connectivity index (χ2v) is 6.20. The van der Waals surface area contributed by atoms with Crippen LogP contribution in [0.15, 0.2) is 22.7 Å². The minimum Gasteiger partial charge on any atom is -0.495 e. The predicted molar refractivity (Wildman–Crippen MR) is 93.7 cm³/mol. The van der Waals surface area contributed by atoms with Crippen LogP contribution in [0.3, 0.4) is 0 Å². The van der Waals surface area contributed by atoms with Crippen LogP contribution >= 0.6 is 0 Å². The number of nitrogens with zero attached hydrogens (tertiary/aromatic N) is 3. The average Bonchev–Trinajstić information content (AvgIpc) is 2.87. The first-order valence-corrected chi connectivity index (χ1v) is 8.68. The Bertz CT molecular complexity index is 721. The number of hydrogen-bond donors (Lipinski definition) is 1. The summed E-state index contributed by atoms with van der Waals surface area (Å²) in [6.07, 6.45) is 4.54. The molecule has 1 aliphatic heterocycles. The predicted octanol–water partition coefficient (Wildman–Crippen LogP) is 3.01. The molecule has 1 N–H and O–H groups in total. The van der Waals surface area contributed by atoms with Crippen molar-refractivity contribution >= 4 is 11.6 Å². The standard InChI is InChI=1S/C18H24N4O3/c1-13-20-17(21-25-13)12-19-15-11-14(7-8-16(15)24-2)18(23)22-9-5-3-4-6-10-22/h7-8,11,19H,3-6,9-10,12H2,1-2H3. The number of likely N-dealkylation sites (tertiary alicyclic amines) is 1. The minimum atomic E-state index is 0.0722. The van der Waals surface area contributed by atoms with Crippen molar-refractivity contribution in [2.75, 3.05) is 25.5 Å². The van der Waals surface area contributed by atoms with E-state index in [1.54, 1.807) is 14.0 Å². The van der Waals surface area contributed by atoms with Crippen LogP contribution in [-0.2, 0) is 6.54 Å². The fourth-order valence-electron chi connectivity index (χ4n) is 3.02. The number of anilines is 1. The molecule has 3 rings (SSSR count). The first-order valence-electron chi connectivity index (χ1n) is 8.68. The van der Waals surface area contributed by atoms with Gasteiger partial charge in [-0.2, -0.15) is 4.98 Å². The summed E-state index contributed by atoms with van der Waals surface area (Å²) in [5.74, 6) is 1.83. The lowest BCUT2D eigenvalue weighted by molar-refractivity contribution is 0.0761. The van der Waals surface area contributed by atoms with Gasteiger partial charge in [-0.3, -0.25) is 4.79 Å². The Morgan fingerprint density at radius 1 is 1.28 bits per heavy atom. The normalized spacial score (nSPS) is 14.9. The van der Waals surface area contributed by atoms with Crippen molar-refractivity contribution in [2.24, 2.45) is 0 Å². The molecule has 25 heavy (non-hydrogen) atoms. The van der Waals surface area contributed by atoms with E-state index in [0.717, 1.165) is 31.6 Å². The second-order valence-electron chi connectivity index (χ2n) is 6.20. The second kappa shape index (κ2) is 8.00. The Balaban J connectivity index is 1.75. The zero-order valence-electron chi connectivity index (χ0n) is 14.7. The number of aryl methyl sites for hydroxylation is 1. The molecule has 1 aliphatic rings. The topological polar surface area (TPSA) is 80.5 Å². The Hall–Kier alpha value is -2.57. The Morgan fingerprint density at radius 3 is 2.68 bits per heavy atom. The number of carbonyl (C=O) groups is 1. The van der Waals surface area contributed by atoms with Gasteiger partial charge in [-0.1, -0.05) is 18.0 Å². The van der Waals surface area contributed by atoms with Crippen molar-refractivity contribution in [3.05, 3.63) is 35.5 Å². The van der Waals surface area contributed by atoms with Crippen LogP contribution < -0.4 is 10.1 Å². The monoisotopic (exact) mass is 344 g/mol. The number of carbonyl (C=O) groups excluding carboxylic acids is 1. The van der Waals surface area contributed by atoms with Crippen LogP contribution in [0.2, 0.25) is 0 Å². The molecule has 1 aromatic carbocycles. The molecule has 134 valence electrons. The molecular formula is C18H24N4O3. The van der Waals surface area contributed by atoms with Gasteiger partial charge in [0.15, 0.2) is 5.82 Å². The van der Waals surface area contributed by atoms with E-state index in [-0.39, 0.29) is 5.91 Å². The molecule has 1 aromatic heterocycles. The average molecular weight is 344 g/mol. The molecule has 1 saturated heterocycles.